The van der Waals surface area contributed by atoms with Gasteiger partial charge in [0.05, 0.1) is 5.52 Å². The molecule has 1 aromatic carbocycles. The maximum absolute atomic E-state index is 10.8. The molecule has 1 aromatic heterocycles. The molecule has 0 amide bonds. The zero-order chi connectivity index (χ0) is 12.4. The molecule has 0 aliphatic heterocycles. The molecule has 6 heteroatoms. The molecule has 2 rings (SSSR count). The Balaban J connectivity index is 2.46. The molecule has 0 radical (unpaired) electrons. The van der Waals surface area contributed by atoms with E-state index in [1.54, 1.807) is 24.3 Å². The summed E-state index contributed by atoms with van der Waals surface area (Å²) in [7, 11) is -1.57. The van der Waals surface area contributed by atoms with E-state index in [1.165, 1.54) is 13.1 Å². The standard InChI is InChI=1S/C11H10BNO4/c1-7(14)17-10-2-3-11-8(5-10)4-9(6-13-11)12(15)16/h2-6,15-16H,1H3. The molecule has 2 aromatic rings. The highest BCUT2D eigenvalue weighted by Crippen LogP contribution is 2.18. The zero-order valence-electron chi connectivity index (χ0n) is 9.12. The first-order chi connectivity index (χ1) is 8.06. The summed E-state index contributed by atoms with van der Waals surface area (Å²) in [6.07, 6.45) is 1.39. The Hall–Kier alpha value is -1.92. The van der Waals surface area contributed by atoms with E-state index in [9.17, 15) is 4.79 Å². The van der Waals surface area contributed by atoms with Crippen LogP contribution in [0.2, 0.25) is 0 Å². The third-order valence-electron chi connectivity index (χ3n) is 2.23. The van der Waals surface area contributed by atoms with E-state index in [2.05, 4.69) is 4.98 Å². The van der Waals surface area contributed by atoms with E-state index in [0.29, 0.717) is 16.7 Å². The van der Waals surface area contributed by atoms with Gasteiger partial charge >= 0.3 is 13.1 Å². The molecule has 0 aliphatic carbocycles. The summed E-state index contributed by atoms with van der Waals surface area (Å²) >= 11 is 0. The second-order valence-corrected chi connectivity index (χ2v) is 3.59. The maximum Gasteiger partial charge on any atom is 0.490 e. The number of nitrogens with zero attached hydrogens (tertiary/aromatic N) is 1. The minimum Gasteiger partial charge on any atom is -0.427 e. The van der Waals surface area contributed by atoms with E-state index in [4.69, 9.17) is 14.8 Å². The van der Waals surface area contributed by atoms with Gasteiger partial charge in [-0.15, -0.1) is 0 Å². The van der Waals surface area contributed by atoms with Gasteiger partial charge in [-0.1, -0.05) is 6.07 Å². The number of hydrogen-bond acceptors (Lipinski definition) is 5. The van der Waals surface area contributed by atoms with Gasteiger partial charge in [0.25, 0.3) is 0 Å². The first-order valence-corrected chi connectivity index (χ1v) is 5.00. The van der Waals surface area contributed by atoms with Crippen molar-refractivity contribution in [3.8, 4) is 5.75 Å². The number of pyridine rings is 1. The quantitative estimate of drug-likeness (QED) is 0.426. The lowest BCUT2D eigenvalue weighted by atomic mass is 9.81. The number of benzene rings is 1. The highest BCUT2D eigenvalue weighted by Gasteiger charge is 2.12. The van der Waals surface area contributed by atoms with Crippen molar-refractivity contribution in [2.75, 3.05) is 0 Å². The van der Waals surface area contributed by atoms with E-state index in [-0.39, 0.29) is 5.46 Å². The number of rotatable bonds is 2. The second kappa shape index (κ2) is 4.53. The Bertz CT molecular complexity index is 570. The van der Waals surface area contributed by atoms with Crippen molar-refractivity contribution >= 4 is 29.5 Å². The highest BCUT2D eigenvalue weighted by molar-refractivity contribution is 6.58. The molecule has 2 N–H and O–H groups in total. The van der Waals surface area contributed by atoms with Gasteiger partial charge in [0.2, 0.25) is 0 Å². The van der Waals surface area contributed by atoms with Crippen molar-refractivity contribution in [3.05, 3.63) is 30.5 Å². The van der Waals surface area contributed by atoms with Crippen LogP contribution in [0, 0.1) is 0 Å². The lowest BCUT2D eigenvalue weighted by Gasteiger charge is -2.04. The summed E-state index contributed by atoms with van der Waals surface area (Å²) in [4.78, 5) is 14.9. The molecule has 0 atom stereocenters. The van der Waals surface area contributed by atoms with Crippen molar-refractivity contribution in [1.82, 2.24) is 4.98 Å². The van der Waals surface area contributed by atoms with Gasteiger partial charge in [0.1, 0.15) is 5.75 Å². The van der Waals surface area contributed by atoms with Gasteiger partial charge < -0.3 is 14.8 Å². The summed E-state index contributed by atoms with van der Waals surface area (Å²) in [5, 5.41) is 18.7. The maximum atomic E-state index is 10.8. The first-order valence-electron chi connectivity index (χ1n) is 5.00. The fourth-order valence-electron chi connectivity index (χ4n) is 1.50. The van der Waals surface area contributed by atoms with E-state index >= 15 is 0 Å². The van der Waals surface area contributed by atoms with Crippen molar-refractivity contribution in [1.29, 1.82) is 0 Å². The van der Waals surface area contributed by atoms with Crippen LogP contribution in [0.3, 0.4) is 0 Å². The smallest absolute Gasteiger partial charge is 0.427 e. The van der Waals surface area contributed by atoms with Crippen LogP contribution >= 0.6 is 0 Å². The van der Waals surface area contributed by atoms with Crippen molar-refractivity contribution in [3.63, 3.8) is 0 Å². The molecule has 17 heavy (non-hydrogen) atoms. The monoisotopic (exact) mass is 231 g/mol. The van der Waals surface area contributed by atoms with E-state index in [1.807, 2.05) is 0 Å². The van der Waals surface area contributed by atoms with Gasteiger partial charge in [0, 0.05) is 24.0 Å². The van der Waals surface area contributed by atoms with Crippen LogP contribution in [0.4, 0.5) is 0 Å². The molecule has 0 unspecified atom stereocenters. The van der Waals surface area contributed by atoms with E-state index < -0.39 is 13.1 Å². The van der Waals surface area contributed by atoms with Crippen LogP contribution in [0.25, 0.3) is 10.9 Å². The summed E-state index contributed by atoms with van der Waals surface area (Å²) in [5.41, 5.74) is 0.975. The van der Waals surface area contributed by atoms with Crippen LogP contribution in [0.15, 0.2) is 30.5 Å². The van der Waals surface area contributed by atoms with Gasteiger partial charge in [-0.25, -0.2) is 0 Å². The predicted molar refractivity (Wildman–Crippen MR) is 62.9 cm³/mol. The minimum absolute atomic E-state index is 0.289. The first kappa shape index (κ1) is 11.6. The summed E-state index contributed by atoms with van der Waals surface area (Å²) in [6.45, 7) is 1.32. The van der Waals surface area contributed by atoms with Crippen LogP contribution in [-0.2, 0) is 4.79 Å². The molecule has 1 heterocycles. The Morgan fingerprint density at radius 1 is 1.35 bits per heavy atom. The second-order valence-electron chi connectivity index (χ2n) is 3.59. The van der Waals surface area contributed by atoms with Crippen LogP contribution in [-0.4, -0.2) is 28.1 Å². The van der Waals surface area contributed by atoms with Gasteiger partial charge in [-0.05, 0) is 18.2 Å². The van der Waals surface area contributed by atoms with E-state index in [0.717, 1.165) is 0 Å². The lowest BCUT2D eigenvalue weighted by Crippen LogP contribution is -2.29. The number of carbonyl (C=O) groups excluding carboxylic acids is 1. The van der Waals surface area contributed by atoms with Gasteiger partial charge in [-0.3, -0.25) is 9.78 Å². The number of esters is 1. The number of aromatic nitrogens is 1. The fourth-order valence-corrected chi connectivity index (χ4v) is 1.50. The van der Waals surface area contributed by atoms with Crippen molar-refractivity contribution in [2.45, 2.75) is 6.92 Å². The average Bonchev–Trinajstić information content (AvgIpc) is 2.27. The molecule has 0 spiro atoms. The Morgan fingerprint density at radius 3 is 2.76 bits per heavy atom. The molecule has 0 saturated heterocycles. The van der Waals surface area contributed by atoms with Crippen molar-refractivity contribution < 1.29 is 19.6 Å². The fraction of sp³-hybridized carbons (Fsp3) is 0.0909. The predicted octanol–water partition coefficient (Wildman–Crippen LogP) is -0.160. The number of hydrogen-bond donors (Lipinski definition) is 2. The third-order valence-corrected chi connectivity index (χ3v) is 2.23. The third kappa shape index (κ3) is 2.61. The molecule has 5 nitrogen and oxygen atoms in total. The number of ether oxygens (including phenoxy) is 1. The zero-order valence-corrected chi connectivity index (χ0v) is 9.12. The van der Waals surface area contributed by atoms with Crippen molar-refractivity contribution in [2.24, 2.45) is 0 Å². The van der Waals surface area contributed by atoms with Crippen LogP contribution < -0.4 is 10.2 Å². The Labute approximate surface area is 97.8 Å². The molecular formula is C11H10BNO4. The summed E-state index contributed by atoms with van der Waals surface area (Å²) in [6, 6.07) is 6.53. The average molecular weight is 231 g/mol. The van der Waals surface area contributed by atoms with Gasteiger partial charge in [-0.2, -0.15) is 0 Å². The summed E-state index contributed by atoms with van der Waals surface area (Å²) in [5.74, 6) is -0.00737. The SMILES string of the molecule is CC(=O)Oc1ccc2ncc(B(O)O)cc2c1. The minimum atomic E-state index is -1.57. The highest BCUT2D eigenvalue weighted by atomic mass is 16.5. The molecule has 0 saturated carbocycles. The number of carbonyl (C=O) groups is 1. The van der Waals surface area contributed by atoms with Crippen LogP contribution in [0.5, 0.6) is 5.75 Å². The molecule has 0 fully saturated rings. The molecule has 86 valence electrons. The summed E-state index contributed by atoms with van der Waals surface area (Å²) < 4.78 is 4.93. The lowest BCUT2D eigenvalue weighted by molar-refractivity contribution is -0.131. The molecular weight excluding hydrogens is 221 g/mol. The Kier molecular flexibility index (Phi) is 3.08. The Morgan fingerprint density at radius 2 is 2.12 bits per heavy atom. The number of fused-ring (bicyclic) bond motifs is 1. The normalized spacial score (nSPS) is 10.3. The molecule has 0 aliphatic rings. The van der Waals surface area contributed by atoms with Gasteiger partial charge in [0.15, 0.2) is 0 Å². The molecule has 0 bridgehead atoms. The largest absolute Gasteiger partial charge is 0.490 e. The van der Waals surface area contributed by atoms with Crippen LogP contribution in [0.1, 0.15) is 6.92 Å². The topological polar surface area (TPSA) is 79.7 Å².